The van der Waals surface area contributed by atoms with E-state index in [9.17, 15) is 23.1 Å². The van der Waals surface area contributed by atoms with Crippen LogP contribution >= 0.6 is 0 Å². The molecule has 2 aromatic rings. The molecule has 5 unspecified atom stereocenters. The molecule has 0 amide bonds. The summed E-state index contributed by atoms with van der Waals surface area (Å²) in [5.41, 5.74) is 2.57. The van der Waals surface area contributed by atoms with E-state index in [-0.39, 0.29) is 11.3 Å². The number of Topliss-reactive ketones (excluding diaryl/α,β-unsaturated/α-hetero) is 1. The number of carbonyl (C=O) groups is 1. The molecule has 2 fully saturated rings. The molecule has 32 heavy (non-hydrogen) atoms. The van der Waals surface area contributed by atoms with Crippen LogP contribution in [0.1, 0.15) is 67.2 Å². The Morgan fingerprint density at radius 1 is 1.09 bits per heavy atom. The Morgan fingerprint density at radius 2 is 1.84 bits per heavy atom. The van der Waals surface area contributed by atoms with E-state index < -0.39 is 11.7 Å². The van der Waals surface area contributed by atoms with E-state index in [1.807, 2.05) is 6.07 Å². The van der Waals surface area contributed by atoms with Gasteiger partial charge in [-0.1, -0.05) is 25.1 Å². The molecule has 2 saturated carbocycles. The van der Waals surface area contributed by atoms with Gasteiger partial charge in [0.05, 0.1) is 5.56 Å². The Balaban J connectivity index is 1.36. The maximum Gasteiger partial charge on any atom is 0.416 e. The summed E-state index contributed by atoms with van der Waals surface area (Å²) >= 11 is 0. The summed E-state index contributed by atoms with van der Waals surface area (Å²) in [6.45, 7) is 2.15. The predicted octanol–water partition coefficient (Wildman–Crippen LogP) is 6.70. The molecule has 0 aliphatic heterocycles. The standard InChI is InChI=1S/C27H29F3O2/c1-26-13-12-22-21-11-9-20(31)14-17(21)6-10-23(22)25(26)18(15-24(26)32)5-2-16-3-7-19(8-4-16)27(28,29)30/h3-4,7-9,11,14,18,22-23,25,31H,2,5-6,10,12-13,15H2,1H3. The van der Waals surface area contributed by atoms with E-state index >= 15 is 0 Å². The van der Waals surface area contributed by atoms with Crippen LogP contribution in [0, 0.1) is 23.2 Å². The van der Waals surface area contributed by atoms with Crippen molar-refractivity contribution in [1.29, 1.82) is 0 Å². The zero-order valence-corrected chi connectivity index (χ0v) is 18.3. The van der Waals surface area contributed by atoms with Gasteiger partial charge in [0.2, 0.25) is 0 Å². The highest BCUT2D eigenvalue weighted by Gasteiger charge is 2.58. The third-order valence-electron chi connectivity index (χ3n) is 8.64. The van der Waals surface area contributed by atoms with Gasteiger partial charge >= 0.3 is 6.18 Å². The van der Waals surface area contributed by atoms with E-state index in [0.717, 1.165) is 49.8 Å². The van der Waals surface area contributed by atoms with Crippen LogP contribution in [-0.4, -0.2) is 10.9 Å². The van der Waals surface area contributed by atoms with Crippen molar-refractivity contribution < 1.29 is 23.1 Å². The first-order valence-electron chi connectivity index (χ1n) is 11.7. The fraction of sp³-hybridized carbons (Fsp3) is 0.519. The number of alkyl halides is 3. The lowest BCUT2D eigenvalue weighted by atomic mass is 9.54. The first-order chi connectivity index (χ1) is 15.2. The van der Waals surface area contributed by atoms with Crippen LogP contribution in [0.15, 0.2) is 42.5 Å². The summed E-state index contributed by atoms with van der Waals surface area (Å²) in [6.07, 6.45) is 1.68. The first kappa shape index (κ1) is 21.5. The minimum atomic E-state index is -4.32. The third-order valence-corrected chi connectivity index (χ3v) is 8.64. The third kappa shape index (κ3) is 3.54. The molecule has 0 saturated heterocycles. The molecule has 3 aliphatic rings. The highest BCUT2D eigenvalue weighted by Crippen LogP contribution is 2.62. The molecule has 1 N–H and O–H groups in total. The summed E-state index contributed by atoms with van der Waals surface area (Å²) in [6, 6.07) is 11.2. The fourth-order valence-corrected chi connectivity index (χ4v) is 7.11. The second-order valence-electron chi connectivity index (χ2n) is 10.3. The van der Waals surface area contributed by atoms with Crippen molar-refractivity contribution >= 4 is 5.78 Å². The SMILES string of the molecule is CC12CCC3c4ccc(O)cc4CCC3C1C(CCc1ccc(C(F)(F)F)cc1)CC2=O. The van der Waals surface area contributed by atoms with E-state index in [1.54, 1.807) is 18.2 Å². The summed E-state index contributed by atoms with van der Waals surface area (Å²) < 4.78 is 38.6. The van der Waals surface area contributed by atoms with Gasteiger partial charge in [0.1, 0.15) is 11.5 Å². The van der Waals surface area contributed by atoms with Crippen LogP contribution in [0.25, 0.3) is 0 Å². The molecular formula is C27H29F3O2. The number of carbonyl (C=O) groups excluding carboxylic acids is 1. The molecule has 0 spiro atoms. The molecule has 3 aliphatic carbocycles. The topological polar surface area (TPSA) is 37.3 Å². The molecule has 5 rings (SSSR count). The number of benzene rings is 2. The van der Waals surface area contributed by atoms with E-state index in [1.165, 1.54) is 11.1 Å². The number of rotatable bonds is 3. The predicted molar refractivity (Wildman–Crippen MR) is 116 cm³/mol. The molecule has 0 aromatic heterocycles. The molecular weight excluding hydrogens is 413 g/mol. The van der Waals surface area contributed by atoms with Gasteiger partial charge in [0, 0.05) is 11.8 Å². The van der Waals surface area contributed by atoms with Gasteiger partial charge in [-0.25, -0.2) is 0 Å². The minimum absolute atomic E-state index is 0.277. The Morgan fingerprint density at radius 3 is 2.56 bits per heavy atom. The number of halogens is 3. The molecule has 5 atom stereocenters. The Labute approximate surface area is 186 Å². The lowest BCUT2D eigenvalue weighted by Crippen LogP contribution is -2.44. The normalized spacial score (nSPS) is 31.7. The van der Waals surface area contributed by atoms with Crippen molar-refractivity contribution in [3.63, 3.8) is 0 Å². The highest BCUT2D eigenvalue weighted by molar-refractivity contribution is 5.87. The lowest BCUT2D eigenvalue weighted by Gasteiger charge is -2.50. The van der Waals surface area contributed by atoms with Crippen LogP contribution in [0.5, 0.6) is 5.75 Å². The summed E-state index contributed by atoms with van der Waals surface area (Å²) in [4.78, 5) is 13.1. The van der Waals surface area contributed by atoms with Gasteiger partial charge in [-0.15, -0.1) is 0 Å². The second-order valence-corrected chi connectivity index (χ2v) is 10.3. The number of ketones is 1. The number of phenolic OH excluding ortho intramolecular Hbond substituents is 1. The lowest BCUT2D eigenvalue weighted by molar-refractivity contribution is -0.137. The Hall–Kier alpha value is -2.30. The van der Waals surface area contributed by atoms with E-state index in [2.05, 4.69) is 13.0 Å². The van der Waals surface area contributed by atoms with Gasteiger partial charge in [0.15, 0.2) is 0 Å². The van der Waals surface area contributed by atoms with Crippen molar-refractivity contribution in [3.8, 4) is 5.75 Å². The number of fused-ring (bicyclic) bond motifs is 5. The molecule has 0 bridgehead atoms. The number of phenols is 1. The van der Waals surface area contributed by atoms with Crippen LogP contribution in [0.2, 0.25) is 0 Å². The molecule has 170 valence electrons. The molecule has 0 heterocycles. The zero-order chi connectivity index (χ0) is 22.7. The summed E-state index contributed by atoms with van der Waals surface area (Å²) in [7, 11) is 0. The van der Waals surface area contributed by atoms with Crippen LogP contribution in [0.3, 0.4) is 0 Å². The highest BCUT2D eigenvalue weighted by atomic mass is 19.4. The summed E-state index contributed by atoms with van der Waals surface area (Å²) in [5, 5.41) is 9.89. The van der Waals surface area contributed by atoms with Crippen LogP contribution < -0.4 is 0 Å². The Bertz CT molecular complexity index is 1030. The monoisotopic (exact) mass is 442 g/mol. The number of aryl methyl sites for hydroxylation is 2. The van der Waals surface area contributed by atoms with E-state index in [0.29, 0.717) is 42.1 Å². The van der Waals surface area contributed by atoms with Crippen molar-refractivity contribution in [2.45, 2.75) is 64.0 Å². The van der Waals surface area contributed by atoms with Gasteiger partial charge in [-0.3, -0.25) is 4.79 Å². The molecule has 2 nitrogen and oxygen atoms in total. The smallest absolute Gasteiger partial charge is 0.416 e. The van der Waals surface area contributed by atoms with Crippen LogP contribution in [0.4, 0.5) is 13.2 Å². The van der Waals surface area contributed by atoms with Crippen molar-refractivity contribution in [3.05, 3.63) is 64.7 Å². The number of hydrogen-bond acceptors (Lipinski definition) is 2. The average molecular weight is 443 g/mol. The van der Waals surface area contributed by atoms with Crippen molar-refractivity contribution in [2.75, 3.05) is 0 Å². The second kappa shape index (κ2) is 7.64. The maximum absolute atomic E-state index is 13.1. The fourth-order valence-electron chi connectivity index (χ4n) is 7.11. The summed E-state index contributed by atoms with van der Waals surface area (Å²) in [5.74, 6) is 2.17. The van der Waals surface area contributed by atoms with Crippen molar-refractivity contribution in [1.82, 2.24) is 0 Å². The molecule has 2 aromatic carbocycles. The van der Waals surface area contributed by atoms with Gasteiger partial charge in [-0.05, 0) is 103 Å². The molecule has 0 radical (unpaired) electrons. The van der Waals surface area contributed by atoms with Gasteiger partial charge < -0.3 is 5.11 Å². The largest absolute Gasteiger partial charge is 0.508 e. The quantitative estimate of drug-likeness (QED) is 0.575. The van der Waals surface area contributed by atoms with Gasteiger partial charge in [-0.2, -0.15) is 13.2 Å². The van der Waals surface area contributed by atoms with E-state index in [4.69, 9.17) is 0 Å². The van der Waals surface area contributed by atoms with Gasteiger partial charge in [0.25, 0.3) is 0 Å². The zero-order valence-electron chi connectivity index (χ0n) is 18.3. The first-order valence-corrected chi connectivity index (χ1v) is 11.7. The average Bonchev–Trinajstić information content (AvgIpc) is 3.01. The number of hydrogen-bond donors (Lipinski definition) is 1. The Kier molecular flexibility index (Phi) is 5.14. The molecule has 5 heteroatoms. The van der Waals surface area contributed by atoms with Crippen LogP contribution in [-0.2, 0) is 23.8 Å². The van der Waals surface area contributed by atoms with Crippen molar-refractivity contribution in [2.24, 2.45) is 23.2 Å². The number of aromatic hydroxyl groups is 1. The maximum atomic E-state index is 13.1. The minimum Gasteiger partial charge on any atom is -0.508 e.